The lowest BCUT2D eigenvalue weighted by Gasteiger charge is -2.27. The van der Waals surface area contributed by atoms with Crippen LogP contribution >= 0.6 is 0 Å². The lowest BCUT2D eigenvalue weighted by molar-refractivity contribution is -0.0950. The van der Waals surface area contributed by atoms with E-state index in [1.165, 1.54) is 24.1 Å². The average molecular weight is 281 g/mol. The fourth-order valence-electron chi connectivity index (χ4n) is 2.43. The Morgan fingerprint density at radius 3 is 2.85 bits per heavy atom. The molecule has 1 saturated heterocycles. The molecule has 9 nitrogen and oxygen atoms in total. The Labute approximate surface area is 113 Å². The Balaban J connectivity index is 2.10. The van der Waals surface area contributed by atoms with Gasteiger partial charge in [0.2, 0.25) is 0 Å². The number of nitrogen functional groups attached to an aromatic ring is 1. The SMILES string of the molecule is C[C@@]1(O)[C@@H](O)C(CO)O[C@H]1n1cnc2c(N)ncnc21. The van der Waals surface area contributed by atoms with E-state index >= 15 is 0 Å². The highest BCUT2D eigenvalue weighted by Crippen LogP contribution is 2.39. The highest BCUT2D eigenvalue weighted by atomic mass is 16.6. The van der Waals surface area contributed by atoms with Gasteiger partial charge in [-0.15, -0.1) is 0 Å². The number of nitrogens with two attached hydrogens (primary N) is 1. The van der Waals surface area contributed by atoms with E-state index in [-0.39, 0.29) is 5.82 Å². The highest BCUT2D eigenvalue weighted by molar-refractivity contribution is 5.81. The summed E-state index contributed by atoms with van der Waals surface area (Å²) in [5.41, 5.74) is 4.87. The molecule has 3 rings (SSSR count). The number of rotatable bonds is 2. The number of hydrogen-bond donors (Lipinski definition) is 4. The second-order valence-electron chi connectivity index (χ2n) is 4.96. The van der Waals surface area contributed by atoms with Gasteiger partial charge >= 0.3 is 0 Å². The Bertz CT molecular complexity index is 643. The van der Waals surface area contributed by atoms with E-state index in [1.807, 2.05) is 0 Å². The lowest BCUT2D eigenvalue weighted by atomic mass is 9.96. The van der Waals surface area contributed by atoms with Crippen LogP contribution in [0.1, 0.15) is 13.2 Å². The first-order chi connectivity index (χ1) is 9.46. The molecule has 20 heavy (non-hydrogen) atoms. The molecule has 108 valence electrons. The summed E-state index contributed by atoms with van der Waals surface area (Å²) in [7, 11) is 0. The molecule has 5 N–H and O–H groups in total. The summed E-state index contributed by atoms with van der Waals surface area (Å²) in [4.78, 5) is 12.0. The molecular weight excluding hydrogens is 266 g/mol. The Morgan fingerprint density at radius 1 is 1.45 bits per heavy atom. The third-order valence-electron chi connectivity index (χ3n) is 3.57. The van der Waals surface area contributed by atoms with Crippen LogP contribution in [0.4, 0.5) is 5.82 Å². The van der Waals surface area contributed by atoms with E-state index in [9.17, 15) is 15.3 Å². The molecule has 0 radical (unpaired) electrons. The molecule has 0 aliphatic carbocycles. The molecule has 1 aliphatic heterocycles. The van der Waals surface area contributed by atoms with Crippen LogP contribution in [0.3, 0.4) is 0 Å². The summed E-state index contributed by atoms with van der Waals surface area (Å²) >= 11 is 0. The van der Waals surface area contributed by atoms with Crippen molar-refractivity contribution in [3.05, 3.63) is 12.7 Å². The molecule has 0 aromatic carbocycles. The van der Waals surface area contributed by atoms with Gasteiger partial charge in [-0.25, -0.2) is 15.0 Å². The minimum absolute atomic E-state index is 0.214. The molecule has 2 aromatic rings. The predicted octanol–water partition coefficient (Wildman–Crippen LogP) is -1.59. The number of ether oxygens (including phenoxy) is 1. The van der Waals surface area contributed by atoms with Crippen molar-refractivity contribution in [3.8, 4) is 0 Å². The quantitative estimate of drug-likeness (QED) is 0.516. The van der Waals surface area contributed by atoms with Crippen LogP contribution in [-0.2, 0) is 4.74 Å². The van der Waals surface area contributed by atoms with Gasteiger partial charge in [0, 0.05) is 0 Å². The van der Waals surface area contributed by atoms with Crippen molar-refractivity contribution in [1.82, 2.24) is 19.5 Å². The first-order valence-corrected chi connectivity index (χ1v) is 6.06. The van der Waals surface area contributed by atoms with Crippen molar-refractivity contribution in [3.63, 3.8) is 0 Å². The van der Waals surface area contributed by atoms with Crippen molar-refractivity contribution in [1.29, 1.82) is 0 Å². The molecular formula is C11H15N5O4. The van der Waals surface area contributed by atoms with Gasteiger partial charge in [-0.2, -0.15) is 0 Å². The molecule has 1 aliphatic rings. The number of aliphatic hydroxyl groups excluding tert-OH is 2. The lowest BCUT2D eigenvalue weighted by Crippen LogP contribution is -2.44. The van der Waals surface area contributed by atoms with Gasteiger partial charge < -0.3 is 25.8 Å². The van der Waals surface area contributed by atoms with Crippen LogP contribution in [0.5, 0.6) is 0 Å². The molecule has 1 fully saturated rings. The van der Waals surface area contributed by atoms with Crippen LogP contribution in [-0.4, -0.2) is 59.3 Å². The molecule has 0 spiro atoms. The van der Waals surface area contributed by atoms with E-state index in [1.54, 1.807) is 0 Å². The van der Waals surface area contributed by atoms with Gasteiger partial charge in [-0.1, -0.05) is 0 Å². The summed E-state index contributed by atoms with van der Waals surface area (Å²) < 4.78 is 6.97. The van der Waals surface area contributed by atoms with Gasteiger partial charge in [0.05, 0.1) is 12.9 Å². The number of fused-ring (bicyclic) bond motifs is 1. The highest BCUT2D eigenvalue weighted by Gasteiger charge is 2.53. The van der Waals surface area contributed by atoms with Crippen molar-refractivity contribution < 1.29 is 20.1 Å². The molecule has 4 atom stereocenters. The number of hydrogen-bond acceptors (Lipinski definition) is 8. The van der Waals surface area contributed by atoms with Crippen LogP contribution < -0.4 is 5.73 Å². The first-order valence-electron chi connectivity index (χ1n) is 6.06. The van der Waals surface area contributed by atoms with Gasteiger partial charge in [0.15, 0.2) is 17.7 Å². The third-order valence-corrected chi connectivity index (χ3v) is 3.57. The Kier molecular flexibility index (Phi) is 2.87. The van der Waals surface area contributed by atoms with E-state index in [2.05, 4.69) is 15.0 Å². The molecule has 0 saturated carbocycles. The second kappa shape index (κ2) is 4.35. The molecule has 3 heterocycles. The van der Waals surface area contributed by atoms with Crippen molar-refractivity contribution in [2.75, 3.05) is 12.3 Å². The van der Waals surface area contributed by atoms with Gasteiger partial charge in [-0.3, -0.25) is 4.57 Å². The smallest absolute Gasteiger partial charge is 0.168 e. The van der Waals surface area contributed by atoms with Crippen molar-refractivity contribution in [2.45, 2.75) is 31.0 Å². The fourth-order valence-corrected chi connectivity index (χ4v) is 2.43. The summed E-state index contributed by atoms with van der Waals surface area (Å²) in [6, 6.07) is 0. The van der Waals surface area contributed by atoms with E-state index < -0.39 is 30.6 Å². The molecule has 9 heteroatoms. The van der Waals surface area contributed by atoms with E-state index in [0.717, 1.165) is 0 Å². The minimum atomic E-state index is -1.60. The zero-order valence-corrected chi connectivity index (χ0v) is 10.7. The Morgan fingerprint density at radius 2 is 2.20 bits per heavy atom. The van der Waals surface area contributed by atoms with Crippen LogP contribution in [0.2, 0.25) is 0 Å². The standard InChI is InChI=1S/C11H15N5O4/c1-11(19)7(18)5(2-17)20-10(11)16-4-15-6-8(12)13-3-14-9(6)16/h3-5,7,10,17-19H,2H2,1H3,(H2,12,13,14)/t5?,7-,10+,11+/m0/s1. The van der Waals surface area contributed by atoms with Crippen molar-refractivity contribution in [2.24, 2.45) is 0 Å². The number of imidazole rings is 1. The van der Waals surface area contributed by atoms with Crippen LogP contribution in [0.15, 0.2) is 12.7 Å². The number of nitrogens with zero attached hydrogens (tertiary/aromatic N) is 4. The van der Waals surface area contributed by atoms with Crippen molar-refractivity contribution >= 4 is 17.0 Å². The first kappa shape index (κ1) is 13.2. The maximum Gasteiger partial charge on any atom is 0.168 e. The number of aliphatic hydroxyl groups is 3. The van der Waals surface area contributed by atoms with Crippen LogP contribution in [0, 0.1) is 0 Å². The third kappa shape index (κ3) is 1.68. The normalized spacial score (nSPS) is 33.9. The minimum Gasteiger partial charge on any atom is -0.394 e. The molecule has 1 unspecified atom stereocenters. The maximum absolute atomic E-state index is 10.4. The largest absolute Gasteiger partial charge is 0.394 e. The molecule has 0 amide bonds. The van der Waals surface area contributed by atoms with Gasteiger partial charge in [0.1, 0.15) is 29.7 Å². The zero-order chi connectivity index (χ0) is 14.5. The van der Waals surface area contributed by atoms with E-state index in [0.29, 0.717) is 11.2 Å². The van der Waals surface area contributed by atoms with Gasteiger partial charge in [0.25, 0.3) is 0 Å². The average Bonchev–Trinajstić information content (AvgIpc) is 2.92. The summed E-state index contributed by atoms with van der Waals surface area (Å²) in [5, 5.41) is 29.6. The Hall–Kier alpha value is -1.81. The zero-order valence-electron chi connectivity index (χ0n) is 10.7. The van der Waals surface area contributed by atoms with Gasteiger partial charge in [-0.05, 0) is 6.92 Å². The number of aromatic nitrogens is 4. The summed E-state index contributed by atoms with van der Waals surface area (Å²) in [6.45, 7) is 1.02. The topological polar surface area (TPSA) is 140 Å². The van der Waals surface area contributed by atoms with E-state index in [4.69, 9.17) is 10.5 Å². The fraction of sp³-hybridized carbons (Fsp3) is 0.545. The molecule has 0 bridgehead atoms. The summed E-state index contributed by atoms with van der Waals surface area (Å²) in [5.74, 6) is 0.214. The predicted molar refractivity (Wildman–Crippen MR) is 67.4 cm³/mol. The summed E-state index contributed by atoms with van der Waals surface area (Å²) in [6.07, 6.45) is -0.365. The molecule has 2 aromatic heterocycles. The number of anilines is 1. The maximum atomic E-state index is 10.4. The second-order valence-corrected chi connectivity index (χ2v) is 4.96. The van der Waals surface area contributed by atoms with Crippen LogP contribution in [0.25, 0.3) is 11.2 Å². The monoisotopic (exact) mass is 281 g/mol.